The Morgan fingerprint density at radius 2 is 1.89 bits per heavy atom. The summed E-state index contributed by atoms with van der Waals surface area (Å²) in [5.41, 5.74) is 0.588. The Bertz CT molecular complexity index is 924. The second-order valence-corrected chi connectivity index (χ2v) is 9.25. The second kappa shape index (κ2) is 5.91. The third kappa shape index (κ3) is 2.70. The molecular weight excluding hydrogens is 342 g/mol. The molecule has 1 N–H and O–H groups in total. The molecular formula is C20H27N5O2. The van der Waals surface area contributed by atoms with Crippen molar-refractivity contribution in [1.29, 1.82) is 0 Å². The van der Waals surface area contributed by atoms with Crippen molar-refractivity contribution in [3.05, 3.63) is 22.9 Å². The van der Waals surface area contributed by atoms with Gasteiger partial charge in [0.05, 0.1) is 6.20 Å². The number of aryl methyl sites for hydroxylation is 1. The van der Waals surface area contributed by atoms with Crippen LogP contribution in [-0.2, 0) is 18.4 Å². The number of hydrogen-bond donors (Lipinski definition) is 1. The number of fused-ring (bicyclic) bond motifs is 1. The summed E-state index contributed by atoms with van der Waals surface area (Å²) in [5.74, 6) is 2.46. The van der Waals surface area contributed by atoms with Crippen LogP contribution >= 0.6 is 0 Å². The zero-order chi connectivity index (χ0) is 18.8. The molecule has 27 heavy (non-hydrogen) atoms. The first-order valence-electron chi connectivity index (χ1n) is 10.1. The number of rotatable bonds is 4. The van der Waals surface area contributed by atoms with E-state index in [1.165, 1.54) is 55.6 Å². The molecule has 4 aliphatic rings. The van der Waals surface area contributed by atoms with E-state index in [0.717, 1.165) is 17.8 Å². The molecule has 0 spiro atoms. The van der Waals surface area contributed by atoms with Crippen LogP contribution in [0.25, 0.3) is 11.0 Å². The Balaban J connectivity index is 1.31. The first kappa shape index (κ1) is 17.0. The lowest BCUT2D eigenvalue weighted by Crippen LogP contribution is -2.56. The SMILES string of the molecule is CC(NC(=O)Cn1cnc2c(cnn2C)c1=O)C12CC3CC(CC(C3)C1)C2. The van der Waals surface area contributed by atoms with Crippen molar-refractivity contribution in [3.8, 4) is 0 Å². The first-order chi connectivity index (χ1) is 12.9. The van der Waals surface area contributed by atoms with Gasteiger partial charge in [-0.15, -0.1) is 0 Å². The number of carbonyl (C=O) groups is 1. The molecule has 1 unspecified atom stereocenters. The average molecular weight is 369 g/mol. The molecule has 4 bridgehead atoms. The van der Waals surface area contributed by atoms with E-state index in [4.69, 9.17) is 0 Å². The van der Waals surface area contributed by atoms with Gasteiger partial charge in [-0.3, -0.25) is 18.8 Å². The fourth-order valence-electron chi connectivity index (χ4n) is 6.48. The van der Waals surface area contributed by atoms with Gasteiger partial charge in [0.1, 0.15) is 18.3 Å². The zero-order valence-corrected chi connectivity index (χ0v) is 16.0. The Kier molecular flexibility index (Phi) is 3.71. The lowest BCUT2D eigenvalue weighted by molar-refractivity contribution is -0.126. The second-order valence-electron chi connectivity index (χ2n) is 9.25. The van der Waals surface area contributed by atoms with E-state index in [1.54, 1.807) is 11.7 Å². The number of nitrogens with one attached hydrogen (secondary N) is 1. The summed E-state index contributed by atoms with van der Waals surface area (Å²) in [5, 5.41) is 7.74. The highest BCUT2D eigenvalue weighted by Crippen LogP contribution is 2.61. The van der Waals surface area contributed by atoms with E-state index < -0.39 is 0 Å². The summed E-state index contributed by atoms with van der Waals surface area (Å²) in [7, 11) is 1.75. The standard InChI is InChI=1S/C20H27N5O2/c1-12(20-6-13-3-14(7-20)5-15(4-13)8-20)23-17(26)10-25-11-21-18-16(19(25)27)9-22-24(18)2/h9,11-15H,3-8,10H2,1-2H3,(H,23,26). The molecule has 1 amide bonds. The minimum atomic E-state index is -0.217. The summed E-state index contributed by atoms with van der Waals surface area (Å²) in [6.45, 7) is 2.17. The lowest BCUT2D eigenvalue weighted by Gasteiger charge is -2.59. The number of nitrogens with zero attached hydrogens (tertiary/aromatic N) is 4. The van der Waals surface area contributed by atoms with Gasteiger partial charge in [0.25, 0.3) is 5.56 Å². The first-order valence-corrected chi connectivity index (χ1v) is 10.1. The van der Waals surface area contributed by atoms with Crippen LogP contribution in [-0.4, -0.2) is 31.3 Å². The normalized spacial score (nSPS) is 32.7. The van der Waals surface area contributed by atoms with E-state index in [0.29, 0.717) is 11.0 Å². The Morgan fingerprint density at radius 3 is 2.52 bits per heavy atom. The predicted molar refractivity (Wildman–Crippen MR) is 101 cm³/mol. The van der Waals surface area contributed by atoms with Crippen molar-refractivity contribution in [2.24, 2.45) is 30.2 Å². The Morgan fingerprint density at radius 1 is 1.26 bits per heavy atom. The molecule has 4 saturated carbocycles. The monoisotopic (exact) mass is 369 g/mol. The maximum atomic E-state index is 12.7. The summed E-state index contributed by atoms with van der Waals surface area (Å²) in [4.78, 5) is 29.5. The van der Waals surface area contributed by atoms with Crippen LogP contribution < -0.4 is 10.9 Å². The molecule has 0 saturated heterocycles. The molecule has 4 fully saturated rings. The summed E-state index contributed by atoms with van der Waals surface area (Å²) >= 11 is 0. The van der Waals surface area contributed by atoms with Crippen molar-refractivity contribution in [3.63, 3.8) is 0 Å². The predicted octanol–water partition coefficient (Wildman–Crippen LogP) is 1.85. The molecule has 1 atom stereocenters. The fraction of sp³-hybridized carbons (Fsp3) is 0.700. The molecule has 0 aliphatic heterocycles. The zero-order valence-electron chi connectivity index (χ0n) is 16.0. The highest BCUT2D eigenvalue weighted by molar-refractivity contribution is 5.77. The van der Waals surface area contributed by atoms with Gasteiger partial charge >= 0.3 is 0 Å². The van der Waals surface area contributed by atoms with Crippen LogP contribution in [0.1, 0.15) is 45.4 Å². The Labute approximate surface area is 158 Å². The topological polar surface area (TPSA) is 81.8 Å². The van der Waals surface area contributed by atoms with Crippen molar-refractivity contribution < 1.29 is 4.79 Å². The Hall–Kier alpha value is -2.18. The number of carbonyl (C=O) groups excluding carboxylic acids is 1. The molecule has 144 valence electrons. The minimum Gasteiger partial charge on any atom is -0.352 e. The smallest absolute Gasteiger partial charge is 0.264 e. The minimum absolute atomic E-state index is 0.00731. The van der Waals surface area contributed by atoms with Crippen LogP contribution in [0.4, 0.5) is 0 Å². The molecule has 2 heterocycles. The molecule has 0 radical (unpaired) electrons. The van der Waals surface area contributed by atoms with Crippen LogP contribution in [0.2, 0.25) is 0 Å². The molecule has 0 aromatic carbocycles. The van der Waals surface area contributed by atoms with Crippen molar-refractivity contribution in [2.75, 3.05) is 0 Å². The quantitative estimate of drug-likeness (QED) is 0.892. The van der Waals surface area contributed by atoms with Gasteiger partial charge in [-0.2, -0.15) is 5.10 Å². The van der Waals surface area contributed by atoms with Crippen LogP contribution in [0.15, 0.2) is 17.3 Å². The third-order valence-corrected chi connectivity index (χ3v) is 7.41. The van der Waals surface area contributed by atoms with Gasteiger partial charge in [0, 0.05) is 13.1 Å². The van der Waals surface area contributed by atoms with Crippen LogP contribution in [0, 0.1) is 23.2 Å². The van der Waals surface area contributed by atoms with Gasteiger partial charge in [0.2, 0.25) is 5.91 Å². The average Bonchev–Trinajstić information content (AvgIpc) is 2.98. The van der Waals surface area contributed by atoms with E-state index in [-0.39, 0.29) is 29.5 Å². The van der Waals surface area contributed by atoms with E-state index in [1.807, 2.05) is 0 Å². The molecule has 7 heteroatoms. The van der Waals surface area contributed by atoms with E-state index in [2.05, 4.69) is 22.3 Å². The van der Waals surface area contributed by atoms with Gasteiger partial charge in [-0.1, -0.05) is 0 Å². The number of hydrogen-bond acceptors (Lipinski definition) is 4. The van der Waals surface area contributed by atoms with Crippen molar-refractivity contribution in [2.45, 2.75) is 58.0 Å². The summed E-state index contributed by atoms with van der Waals surface area (Å²) < 4.78 is 2.95. The molecule has 2 aromatic heterocycles. The molecule has 6 rings (SSSR count). The highest BCUT2D eigenvalue weighted by atomic mass is 16.2. The van der Waals surface area contributed by atoms with Gasteiger partial charge < -0.3 is 5.32 Å². The third-order valence-electron chi connectivity index (χ3n) is 7.41. The maximum Gasteiger partial charge on any atom is 0.264 e. The maximum absolute atomic E-state index is 12.7. The largest absolute Gasteiger partial charge is 0.352 e. The molecule has 2 aromatic rings. The van der Waals surface area contributed by atoms with Gasteiger partial charge in [-0.05, 0) is 68.6 Å². The van der Waals surface area contributed by atoms with Gasteiger partial charge in [-0.25, -0.2) is 4.98 Å². The van der Waals surface area contributed by atoms with E-state index in [9.17, 15) is 9.59 Å². The lowest BCUT2D eigenvalue weighted by atomic mass is 9.48. The molecule has 4 aliphatic carbocycles. The summed E-state index contributed by atoms with van der Waals surface area (Å²) in [6.07, 6.45) is 10.9. The van der Waals surface area contributed by atoms with E-state index >= 15 is 0 Å². The highest BCUT2D eigenvalue weighted by Gasteiger charge is 2.53. The van der Waals surface area contributed by atoms with Crippen molar-refractivity contribution in [1.82, 2.24) is 24.6 Å². The number of aromatic nitrogens is 4. The number of amides is 1. The molecule has 7 nitrogen and oxygen atoms in total. The summed E-state index contributed by atoms with van der Waals surface area (Å²) in [6, 6.07) is 0.157. The fourth-order valence-corrected chi connectivity index (χ4v) is 6.48. The van der Waals surface area contributed by atoms with Crippen LogP contribution in [0.3, 0.4) is 0 Å². The van der Waals surface area contributed by atoms with Crippen molar-refractivity contribution >= 4 is 16.9 Å². The van der Waals surface area contributed by atoms with Crippen LogP contribution in [0.5, 0.6) is 0 Å². The van der Waals surface area contributed by atoms with Gasteiger partial charge in [0.15, 0.2) is 5.65 Å².